The Morgan fingerprint density at radius 3 is 2.37 bits per heavy atom. The second-order valence-corrected chi connectivity index (χ2v) is 10.2. The van der Waals surface area contributed by atoms with Crippen molar-refractivity contribution in [1.29, 1.82) is 0 Å². The van der Waals surface area contributed by atoms with E-state index in [2.05, 4.69) is 5.32 Å². The van der Waals surface area contributed by atoms with Gasteiger partial charge in [0.25, 0.3) is 5.91 Å². The first-order valence-electron chi connectivity index (χ1n) is 10.8. The minimum Gasteiger partial charge on any atom is -0.323 e. The predicted molar refractivity (Wildman–Crippen MR) is 117 cm³/mol. The lowest BCUT2D eigenvalue weighted by Gasteiger charge is -2.34. The maximum absolute atomic E-state index is 13.2. The van der Waals surface area contributed by atoms with Crippen molar-refractivity contribution in [3.63, 3.8) is 0 Å². The number of piperazine rings is 1. The molecule has 160 valence electrons. The predicted octanol–water partition coefficient (Wildman–Crippen LogP) is 1.48. The molecule has 0 unspecified atom stereocenters. The Labute approximate surface area is 178 Å². The highest BCUT2D eigenvalue weighted by atomic mass is 32.2. The number of rotatable bonds is 5. The lowest BCUT2D eigenvalue weighted by atomic mass is 9.92. The van der Waals surface area contributed by atoms with E-state index in [1.165, 1.54) is 17.5 Å². The highest BCUT2D eigenvalue weighted by Gasteiger charge is 2.34. The zero-order chi connectivity index (χ0) is 21.1. The Bertz CT molecular complexity index is 1000. The number of nitrogens with zero attached hydrogens (tertiary/aromatic N) is 1. The van der Waals surface area contributed by atoms with E-state index in [0.29, 0.717) is 31.1 Å². The number of carbonyl (C=O) groups excluding carboxylic acids is 1. The summed E-state index contributed by atoms with van der Waals surface area (Å²) in [5, 5.41) is 2.94. The summed E-state index contributed by atoms with van der Waals surface area (Å²) in [4.78, 5) is 14.1. The van der Waals surface area contributed by atoms with Crippen molar-refractivity contribution in [2.45, 2.75) is 43.5 Å². The lowest BCUT2D eigenvalue weighted by Crippen LogP contribution is -3.19. The van der Waals surface area contributed by atoms with Crippen molar-refractivity contribution in [1.82, 2.24) is 4.31 Å². The molecule has 1 heterocycles. The summed E-state index contributed by atoms with van der Waals surface area (Å²) in [7, 11) is -3.49. The first kappa shape index (κ1) is 21.0. The molecule has 6 nitrogen and oxygen atoms in total. The van der Waals surface area contributed by atoms with Gasteiger partial charge in [-0.3, -0.25) is 4.79 Å². The van der Waals surface area contributed by atoms with Crippen LogP contribution < -0.4 is 10.2 Å². The Kier molecular flexibility index (Phi) is 6.22. The maximum Gasteiger partial charge on any atom is 0.282 e. The average Bonchev–Trinajstić information content (AvgIpc) is 2.79. The molecule has 1 aliphatic heterocycles. The molecule has 0 aromatic heterocycles. The van der Waals surface area contributed by atoms with Crippen molar-refractivity contribution in [3.8, 4) is 0 Å². The van der Waals surface area contributed by atoms with E-state index < -0.39 is 10.0 Å². The number of benzene rings is 2. The Hall–Kier alpha value is -2.22. The second kappa shape index (κ2) is 8.88. The molecule has 30 heavy (non-hydrogen) atoms. The minimum absolute atomic E-state index is 0.0396. The number of hydrogen-bond acceptors (Lipinski definition) is 3. The van der Waals surface area contributed by atoms with Gasteiger partial charge >= 0.3 is 0 Å². The molecule has 2 N–H and O–H groups in total. The van der Waals surface area contributed by atoms with Gasteiger partial charge in [0.2, 0.25) is 10.0 Å². The van der Waals surface area contributed by atoms with E-state index in [1.807, 2.05) is 49.4 Å². The molecule has 0 saturated carbocycles. The summed E-state index contributed by atoms with van der Waals surface area (Å²) < 4.78 is 27.9. The SMILES string of the molecule is C[C@H](C(=O)Nc1ccccc1)[NH+]1CCN(S(=O)(=O)c2ccc3c(c2)CCCC3)CC1. The van der Waals surface area contributed by atoms with Crippen molar-refractivity contribution in [3.05, 3.63) is 59.7 Å². The van der Waals surface area contributed by atoms with Crippen molar-refractivity contribution in [2.24, 2.45) is 0 Å². The standard InChI is InChI=1S/C23H29N3O3S/c1-18(23(27)24-21-9-3-2-4-10-21)25-13-15-26(16-14-25)30(28,29)22-12-11-19-7-5-6-8-20(19)17-22/h2-4,9-12,17-18H,5-8,13-16H2,1H3,(H,24,27)/p+1/t18-/m1/s1. The van der Waals surface area contributed by atoms with Crippen LogP contribution in [0.25, 0.3) is 0 Å². The molecule has 2 aromatic rings. The highest BCUT2D eigenvalue weighted by molar-refractivity contribution is 7.89. The van der Waals surface area contributed by atoms with Crippen LogP contribution in [-0.4, -0.2) is 50.9 Å². The first-order valence-corrected chi connectivity index (χ1v) is 12.2. The van der Waals surface area contributed by atoms with Crippen molar-refractivity contribution < 1.29 is 18.1 Å². The van der Waals surface area contributed by atoms with E-state index in [4.69, 9.17) is 0 Å². The number of sulfonamides is 1. The molecular formula is C23H30N3O3S+. The van der Waals surface area contributed by atoms with Crippen molar-refractivity contribution in [2.75, 3.05) is 31.5 Å². The maximum atomic E-state index is 13.2. The summed E-state index contributed by atoms with van der Waals surface area (Å²) in [6.07, 6.45) is 4.31. The molecule has 1 saturated heterocycles. The van der Waals surface area contributed by atoms with Crippen LogP contribution in [0.2, 0.25) is 0 Å². The summed E-state index contributed by atoms with van der Waals surface area (Å²) in [6.45, 7) is 4.00. The molecule has 4 rings (SSSR count). The fourth-order valence-electron chi connectivity index (χ4n) is 4.42. The van der Waals surface area contributed by atoms with Gasteiger partial charge in [-0.2, -0.15) is 4.31 Å². The lowest BCUT2D eigenvalue weighted by molar-refractivity contribution is -0.917. The van der Waals surface area contributed by atoms with Crippen LogP contribution in [0, 0.1) is 0 Å². The quantitative estimate of drug-likeness (QED) is 0.758. The van der Waals surface area contributed by atoms with Gasteiger partial charge in [0.1, 0.15) is 0 Å². The molecule has 1 aliphatic carbocycles. The third-order valence-electron chi connectivity index (χ3n) is 6.37. The molecule has 0 bridgehead atoms. The Morgan fingerprint density at radius 2 is 1.67 bits per heavy atom. The molecule has 1 fully saturated rings. The third-order valence-corrected chi connectivity index (χ3v) is 8.26. The highest BCUT2D eigenvalue weighted by Crippen LogP contribution is 2.25. The molecule has 1 atom stereocenters. The molecule has 2 aromatic carbocycles. The number of aryl methyl sites for hydroxylation is 2. The molecule has 0 radical (unpaired) electrons. The number of fused-ring (bicyclic) bond motifs is 1. The molecular weight excluding hydrogens is 398 g/mol. The zero-order valence-electron chi connectivity index (χ0n) is 17.4. The number of amides is 1. The van der Waals surface area contributed by atoms with E-state index >= 15 is 0 Å². The molecule has 2 aliphatic rings. The molecule has 0 spiro atoms. The fourth-order valence-corrected chi connectivity index (χ4v) is 5.92. The largest absolute Gasteiger partial charge is 0.323 e. The smallest absolute Gasteiger partial charge is 0.282 e. The van der Waals surface area contributed by atoms with Crippen LogP contribution in [-0.2, 0) is 27.7 Å². The third kappa shape index (κ3) is 4.43. The van der Waals surface area contributed by atoms with Gasteiger partial charge in [-0.15, -0.1) is 0 Å². The van der Waals surface area contributed by atoms with Crippen LogP contribution in [0.3, 0.4) is 0 Å². The number of carbonyl (C=O) groups is 1. The van der Waals surface area contributed by atoms with Crippen LogP contribution in [0.15, 0.2) is 53.4 Å². The van der Waals surface area contributed by atoms with Crippen molar-refractivity contribution >= 4 is 21.6 Å². The number of para-hydroxylation sites is 1. The van der Waals surface area contributed by atoms with Gasteiger partial charge < -0.3 is 10.2 Å². The van der Waals surface area contributed by atoms with Gasteiger partial charge in [0, 0.05) is 5.69 Å². The Morgan fingerprint density at radius 1 is 1.00 bits per heavy atom. The van der Waals surface area contributed by atoms with Gasteiger partial charge in [0.15, 0.2) is 6.04 Å². The van der Waals surface area contributed by atoms with Crippen LogP contribution in [0.4, 0.5) is 5.69 Å². The average molecular weight is 429 g/mol. The van der Waals surface area contributed by atoms with Gasteiger partial charge in [-0.1, -0.05) is 24.3 Å². The van der Waals surface area contributed by atoms with Gasteiger partial charge in [-0.05, 0) is 68.0 Å². The zero-order valence-corrected chi connectivity index (χ0v) is 18.2. The minimum atomic E-state index is -3.49. The van der Waals surface area contributed by atoms with E-state index in [-0.39, 0.29) is 11.9 Å². The van der Waals surface area contributed by atoms with Crippen LogP contribution in [0.5, 0.6) is 0 Å². The normalized spacial score (nSPS) is 19.1. The molecule has 7 heteroatoms. The fraction of sp³-hybridized carbons (Fsp3) is 0.435. The van der Waals surface area contributed by atoms with Gasteiger partial charge in [-0.25, -0.2) is 8.42 Å². The van der Waals surface area contributed by atoms with E-state index in [1.54, 1.807) is 10.4 Å². The second-order valence-electron chi connectivity index (χ2n) is 8.28. The van der Waals surface area contributed by atoms with Gasteiger partial charge in [0.05, 0.1) is 31.1 Å². The summed E-state index contributed by atoms with van der Waals surface area (Å²) >= 11 is 0. The van der Waals surface area contributed by atoms with E-state index in [9.17, 15) is 13.2 Å². The number of quaternary nitrogens is 1. The summed E-state index contributed by atoms with van der Waals surface area (Å²) in [6, 6.07) is 14.8. The number of hydrogen-bond donors (Lipinski definition) is 2. The first-order chi connectivity index (χ1) is 14.4. The van der Waals surface area contributed by atoms with E-state index in [0.717, 1.165) is 29.8 Å². The summed E-state index contributed by atoms with van der Waals surface area (Å²) in [5.74, 6) is -0.0396. The van der Waals surface area contributed by atoms with Crippen LogP contribution in [0.1, 0.15) is 30.9 Å². The Balaban J connectivity index is 1.38. The van der Waals surface area contributed by atoms with Crippen LogP contribution >= 0.6 is 0 Å². The topological polar surface area (TPSA) is 70.9 Å². The number of anilines is 1. The monoisotopic (exact) mass is 428 g/mol. The summed E-state index contributed by atoms with van der Waals surface area (Å²) in [5.41, 5.74) is 3.24. The molecule has 1 amide bonds. The number of nitrogens with one attached hydrogen (secondary N) is 2.